The average Bonchev–Trinajstić information content (AvgIpc) is 2.29. The van der Waals surface area contributed by atoms with Crippen LogP contribution >= 0.6 is 0 Å². The molecule has 0 unspecified atom stereocenters. The SMILES string of the molecule is CNC(=O)N[C@H]1O[C@@H](CO)[C@@H](O)[C@@H](O)[C@@H]1O. The van der Waals surface area contributed by atoms with Gasteiger partial charge in [-0.2, -0.15) is 0 Å². The van der Waals surface area contributed by atoms with Crippen molar-refractivity contribution in [2.75, 3.05) is 13.7 Å². The number of rotatable bonds is 2. The number of ether oxygens (including phenoxy) is 1. The molecule has 0 bridgehead atoms. The first kappa shape index (κ1) is 13.1. The Bertz CT molecular complexity index is 249. The molecule has 0 spiro atoms. The summed E-state index contributed by atoms with van der Waals surface area (Å²) in [6.07, 6.45) is -6.60. The molecule has 1 aliphatic rings. The van der Waals surface area contributed by atoms with E-state index in [2.05, 4.69) is 10.6 Å². The van der Waals surface area contributed by atoms with E-state index in [1.165, 1.54) is 7.05 Å². The Hall–Kier alpha value is -0.930. The number of aliphatic hydroxyl groups is 4. The molecule has 94 valence electrons. The van der Waals surface area contributed by atoms with Crippen LogP contribution in [0.3, 0.4) is 0 Å². The van der Waals surface area contributed by atoms with Crippen LogP contribution in [-0.2, 0) is 4.74 Å². The first-order chi connectivity index (χ1) is 7.51. The molecule has 6 N–H and O–H groups in total. The summed E-state index contributed by atoms with van der Waals surface area (Å²) in [7, 11) is 1.37. The van der Waals surface area contributed by atoms with Gasteiger partial charge in [-0.05, 0) is 0 Å². The Kier molecular flexibility index (Phi) is 4.44. The molecule has 5 atom stereocenters. The second kappa shape index (κ2) is 5.41. The molecule has 0 aromatic heterocycles. The molecule has 8 heteroatoms. The third kappa shape index (κ3) is 2.60. The Morgan fingerprint density at radius 1 is 1.25 bits per heavy atom. The van der Waals surface area contributed by atoms with Gasteiger partial charge in [-0.25, -0.2) is 4.79 Å². The Morgan fingerprint density at radius 3 is 2.38 bits per heavy atom. The van der Waals surface area contributed by atoms with Crippen molar-refractivity contribution in [1.82, 2.24) is 10.6 Å². The van der Waals surface area contributed by atoms with Crippen LogP contribution in [0.2, 0.25) is 0 Å². The molecule has 1 heterocycles. The monoisotopic (exact) mass is 236 g/mol. The molecule has 0 radical (unpaired) electrons. The summed E-state index contributed by atoms with van der Waals surface area (Å²) < 4.78 is 5.02. The Labute approximate surface area is 91.8 Å². The van der Waals surface area contributed by atoms with Crippen LogP contribution in [0.25, 0.3) is 0 Å². The molecule has 0 aliphatic carbocycles. The highest BCUT2D eigenvalue weighted by Gasteiger charge is 2.43. The lowest BCUT2D eigenvalue weighted by Gasteiger charge is -2.39. The van der Waals surface area contributed by atoms with Crippen LogP contribution in [-0.4, -0.2) is 70.8 Å². The maximum Gasteiger partial charge on any atom is 0.316 e. The van der Waals surface area contributed by atoms with Gasteiger partial charge in [0.25, 0.3) is 0 Å². The molecule has 0 saturated carbocycles. The molecule has 2 amide bonds. The number of nitrogens with one attached hydrogen (secondary N) is 2. The van der Waals surface area contributed by atoms with E-state index >= 15 is 0 Å². The maximum atomic E-state index is 11.0. The fourth-order valence-corrected chi connectivity index (χ4v) is 1.42. The van der Waals surface area contributed by atoms with Crippen molar-refractivity contribution in [3.8, 4) is 0 Å². The number of aliphatic hydroxyl groups excluding tert-OH is 4. The summed E-state index contributed by atoms with van der Waals surface area (Å²) >= 11 is 0. The van der Waals surface area contributed by atoms with Crippen molar-refractivity contribution in [3.63, 3.8) is 0 Å². The Morgan fingerprint density at radius 2 is 1.88 bits per heavy atom. The van der Waals surface area contributed by atoms with Gasteiger partial charge in [0.15, 0.2) is 6.23 Å². The number of carbonyl (C=O) groups excluding carboxylic acids is 1. The molecule has 0 aromatic rings. The van der Waals surface area contributed by atoms with E-state index in [4.69, 9.17) is 9.84 Å². The molecule has 1 saturated heterocycles. The van der Waals surface area contributed by atoms with Crippen LogP contribution in [0.4, 0.5) is 4.79 Å². The van der Waals surface area contributed by atoms with Gasteiger partial charge in [0.05, 0.1) is 6.61 Å². The minimum atomic E-state index is -1.49. The lowest BCUT2D eigenvalue weighted by molar-refractivity contribution is -0.233. The van der Waals surface area contributed by atoms with E-state index < -0.39 is 43.3 Å². The summed E-state index contributed by atoms with van der Waals surface area (Å²) in [4.78, 5) is 11.0. The zero-order valence-electron chi connectivity index (χ0n) is 8.70. The summed E-state index contributed by atoms with van der Waals surface area (Å²) in [5, 5.41) is 41.7. The first-order valence-electron chi connectivity index (χ1n) is 4.80. The van der Waals surface area contributed by atoms with Crippen molar-refractivity contribution in [2.24, 2.45) is 0 Å². The number of amides is 2. The van der Waals surface area contributed by atoms with Crippen LogP contribution in [0.15, 0.2) is 0 Å². The number of hydrogen-bond donors (Lipinski definition) is 6. The van der Waals surface area contributed by atoms with Gasteiger partial charge in [-0.1, -0.05) is 0 Å². The highest BCUT2D eigenvalue weighted by Crippen LogP contribution is 2.19. The third-order valence-electron chi connectivity index (χ3n) is 2.39. The highest BCUT2D eigenvalue weighted by atomic mass is 16.6. The Balaban J connectivity index is 2.67. The van der Waals surface area contributed by atoms with Gasteiger partial charge in [0.1, 0.15) is 24.4 Å². The van der Waals surface area contributed by atoms with Gasteiger partial charge in [0, 0.05) is 7.05 Å². The minimum absolute atomic E-state index is 0.531. The lowest BCUT2D eigenvalue weighted by Crippen LogP contribution is -2.63. The molecule has 1 rings (SSSR count). The van der Waals surface area contributed by atoms with Gasteiger partial charge >= 0.3 is 6.03 Å². The normalized spacial score (nSPS) is 39.2. The van der Waals surface area contributed by atoms with Crippen molar-refractivity contribution in [3.05, 3.63) is 0 Å². The van der Waals surface area contributed by atoms with Crippen LogP contribution in [0.5, 0.6) is 0 Å². The molecular weight excluding hydrogens is 220 g/mol. The van der Waals surface area contributed by atoms with E-state index in [0.29, 0.717) is 0 Å². The topological polar surface area (TPSA) is 131 Å². The predicted molar refractivity (Wildman–Crippen MR) is 51.4 cm³/mol. The van der Waals surface area contributed by atoms with Crippen molar-refractivity contribution < 1.29 is 30.0 Å². The number of urea groups is 1. The summed E-state index contributed by atoms with van der Waals surface area (Å²) in [6.45, 7) is -0.531. The van der Waals surface area contributed by atoms with Crippen LogP contribution < -0.4 is 10.6 Å². The number of carbonyl (C=O) groups is 1. The molecule has 1 fully saturated rings. The highest BCUT2D eigenvalue weighted by molar-refractivity contribution is 5.73. The largest absolute Gasteiger partial charge is 0.394 e. The van der Waals surface area contributed by atoms with Gasteiger partial charge in [0.2, 0.25) is 0 Å². The smallest absolute Gasteiger partial charge is 0.316 e. The summed E-state index contributed by atoms with van der Waals surface area (Å²) in [5.41, 5.74) is 0. The molecule has 0 aromatic carbocycles. The third-order valence-corrected chi connectivity index (χ3v) is 2.39. The zero-order chi connectivity index (χ0) is 12.3. The van der Waals surface area contributed by atoms with Gasteiger partial charge in [-0.3, -0.25) is 0 Å². The fourth-order valence-electron chi connectivity index (χ4n) is 1.42. The standard InChI is InChI=1S/C8H16N2O6/c1-9-8(15)10-7-6(14)5(13)4(12)3(2-11)16-7/h3-7,11-14H,2H2,1H3,(H2,9,10,15)/t3-,4+,5+,6-,7-/m0/s1. The number of hydrogen-bond acceptors (Lipinski definition) is 6. The minimum Gasteiger partial charge on any atom is -0.394 e. The van der Waals surface area contributed by atoms with Gasteiger partial charge < -0.3 is 35.8 Å². The first-order valence-corrected chi connectivity index (χ1v) is 4.80. The zero-order valence-corrected chi connectivity index (χ0v) is 8.70. The fraction of sp³-hybridized carbons (Fsp3) is 0.875. The molecule has 16 heavy (non-hydrogen) atoms. The van der Waals surface area contributed by atoms with E-state index in [9.17, 15) is 20.1 Å². The molecule has 8 nitrogen and oxygen atoms in total. The van der Waals surface area contributed by atoms with E-state index in [0.717, 1.165) is 0 Å². The van der Waals surface area contributed by atoms with Crippen molar-refractivity contribution in [1.29, 1.82) is 0 Å². The quantitative estimate of drug-likeness (QED) is 0.298. The average molecular weight is 236 g/mol. The van der Waals surface area contributed by atoms with Crippen molar-refractivity contribution >= 4 is 6.03 Å². The van der Waals surface area contributed by atoms with Crippen molar-refractivity contribution in [2.45, 2.75) is 30.6 Å². The predicted octanol–water partition coefficient (Wildman–Crippen LogP) is -3.28. The maximum absolute atomic E-state index is 11.0. The summed E-state index contributed by atoms with van der Waals surface area (Å²) in [6, 6.07) is -0.607. The van der Waals surface area contributed by atoms with E-state index in [1.54, 1.807) is 0 Å². The van der Waals surface area contributed by atoms with E-state index in [1.807, 2.05) is 0 Å². The second-order valence-corrected chi connectivity index (χ2v) is 3.47. The van der Waals surface area contributed by atoms with Gasteiger partial charge in [-0.15, -0.1) is 0 Å². The van der Waals surface area contributed by atoms with Crippen LogP contribution in [0.1, 0.15) is 0 Å². The molecule has 1 aliphatic heterocycles. The second-order valence-electron chi connectivity index (χ2n) is 3.47. The summed E-state index contributed by atoms with van der Waals surface area (Å²) in [5.74, 6) is 0. The van der Waals surface area contributed by atoms with Crippen LogP contribution in [0, 0.1) is 0 Å². The lowest BCUT2D eigenvalue weighted by atomic mass is 9.98. The molecular formula is C8H16N2O6. The van der Waals surface area contributed by atoms with E-state index in [-0.39, 0.29) is 0 Å².